The van der Waals surface area contributed by atoms with Crippen LogP contribution in [-0.4, -0.2) is 5.02 Å². The summed E-state index contributed by atoms with van der Waals surface area (Å²) < 4.78 is 40.8. The zero-order valence-corrected chi connectivity index (χ0v) is 7.32. The second kappa shape index (κ2) is 3.35. The van der Waals surface area contributed by atoms with Crippen LogP contribution >= 0.6 is 15.9 Å². The van der Waals surface area contributed by atoms with Gasteiger partial charge in [-0.25, -0.2) is 4.39 Å². The Kier molecular flexibility index (Phi) is 2.62. The highest BCUT2D eigenvalue weighted by Crippen LogP contribution is 2.28. The third-order valence-corrected chi connectivity index (χ3v) is 1.22. The SMILES string of the molecule is Fc1ccccc1OC(F)(F)Br. The minimum atomic E-state index is -3.53. The lowest BCUT2D eigenvalue weighted by Crippen LogP contribution is -2.15. The summed E-state index contributed by atoms with van der Waals surface area (Å²) in [6.45, 7) is 0. The Balaban J connectivity index is 2.83. The van der Waals surface area contributed by atoms with Gasteiger partial charge in [-0.2, -0.15) is 8.78 Å². The molecule has 0 aliphatic carbocycles. The molecule has 66 valence electrons. The average molecular weight is 241 g/mol. The lowest BCUT2D eigenvalue weighted by atomic mass is 10.3. The molecule has 1 rings (SSSR count). The van der Waals surface area contributed by atoms with E-state index in [0.717, 1.165) is 12.1 Å². The van der Waals surface area contributed by atoms with E-state index in [1.165, 1.54) is 12.1 Å². The third-order valence-electron chi connectivity index (χ3n) is 1.06. The van der Waals surface area contributed by atoms with E-state index in [4.69, 9.17) is 0 Å². The molecule has 0 radical (unpaired) electrons. The molecule has 0 amide bonds. The summed E-state index contributed by atoms with van der Waals surface area (Å²) in [6, 6.07) is 4.93. The first-order valence-electron chi connectivity index (χ1n) is 2.99. The van der Waals surface area contributed by atoms with Gasteiger partial charge in [0.1, 0.15) is 0 Å². The number of ether oxygens (including phenoxy) is 1. The molecular weight excluding hydrogens is 237 g/mol. The van der Waals surface area contributed by atoms with Crippen LogP contribution in [0.25, 0.3) is 0 Å². The van der Waals surface area contributed by atoms with Gasteiger partial charge in [-0.1, -0.05) is 12.1 Å². The summed E-state index contributed by atoms with van der Waals surface area (Å²) in [4.78, 5) is 0. The summed E-state index contributed by atoms with van der Waals surface area (Å²) in [6.07, 6.45) is 0. The summed E-state index contributed by atoms with van der Waals surface area (Å²) >= 11 is 1.93. The molecule has 0 aliphatic rings. The van der Waals surface area contributed by atoms with Crippen molar-refractivity contribution in [2.24, 2.45) is 0 Å². The van der Waals surface area contributed by atoms with Crippen molar-refractivity contribution >= 4 is 15.9 Å². The summed E-state index contributed by atoms with van der Waals surface area (Å²) in [5.41, 5.74) is 0. The molecule has 1 aromatic rings. The van der Waals surface area contributed by atoms with Gasteiger partial charge in [-0.15, -0.1) is 0 Å². The highest BCUT2D eigenvalue weighted by molar-refractivity contribution is 9.09. The first-order valence-corrected chi connectivity index (χ1v) is 3.78. The number of hydrogen-bond donors (Lipinski definition) is 0. The summed E-state index contributed by atoms with van der Waals surface area (Å²) in [5.74, 6) is -1.31. The van der Waals surface area contributed by atoms with E-state index < -0.39 is 16.6 Å². The molecule has 5 heteroatoms. The summed E-state index contributed by atoms with van der Waals surface area (Å²) in [5, 5.41) is -3.53. The van der Waals surface area contributed by atoms with Crippen molar-refractivity contribution in [3.05, 3.63) is 30.1 Å². The molecule has 0 bridgehead atoms. The van der Waals surface area contributed by atoms with E-state index in [1.807, 2.05) is 15.9 Å². The number of hydrogen-bond acceptors (Lipinski definition) is 1. The molecular formula is C7H4BrF3O. The van der Waals surface area contributed by atoms with Crippen LogP contribution in [0.3, 0.4) is 0 Å². The topological polar surface area (TPSA) is 9.23 Å². The van der Waals surface area contributed by atoms with Crippen LogP contribution < -0.4 is 4.74 Å². The highest BCUT2D eigenvalue weighted by atomic mass is 79.9. The van der Waals surface area contributed by atoms with Gasteiger partial charge in [-0.3, -0.25) is 0 Å². The van der Waals surface area contributed by atoms with Crippen molar-refractivity contribution in [2.45, 2.75) is 5.02 Å². The van der Waals surface area contributed by atoms with Crippen LogP contribution in [0.1, 0.15) is 0 Å². The van der Waals surface area contributed by atoms with E-state index in [1.54, 1.807) is 0 Å². The number of halogens is 4. The van der Waals surface area contributed by atoms with Crippen LogP contribution in [0, 0.1) is 5.82 Å². The number of alkyl halides is 3. The fraction of sp³-hybridized carbons (Fsp3) is 0.143. The molecule has 1 nitrogen and oxygen atoms in total. The van der Waals surface area contributed by atoms with E-state index in [9.17, 15) is 13.2 Å². The molecule has 0 aromatic heterocycles. The molecule has 0 aliphatic heterocycles. The van der Waals surface area contributed by atoms with Gasteiger partial charge in [0, 0.05) is 15.9 Å². The Morgan fingerprint density at radius 1 is 1.25 bits per heavy atom. The lowest BCUT2D eigenvalue weighted by molar-refractivity contribution is -0.0824. The van der Waals surface area contributed by atoms with Crippen molar-refractivity contribution in [1.82, 2.24) is 0 Å². The van der Waals surface area contributed by atoms with E-state index in [0.29, 0.717) is 0 Å². The van der Waals surface area contributed by atoms with E-state index in [2.05, 4.69) is 4.74 Å². The van der Waals surface area contributed by atoms with Gasteiger partial charge in [-0.05, 0) is 12.1 Å². The average Bonchev–Trinajstić information content (AvgIpc) is 1.91. The first kappa shape index (κ1) is 9.38. The lowest BCUT2D eigenvalue weighted by Gasteiger charge is -2.10. The molecule has 12 heavy (non-hydrogen) atoms. The quantitative estimate of drug-likeness (QED) is 0.722. The Hall–Kier alpha value is -0.710. The standard InChI is InChI=1S/C7H4BrF3O/c8-7(10,11)12-6-4-2-1-3-5(6)9/h1-4H. The monoisotopic (exact) mass is 240 g/mol. The fourth-order valence-electron chi connectivity index (χ4n) is 0.652. The maximum atomic E-state index is 12.6. The van der Waals surface area contributed by atoms with Crippen molar-refractivity contribution in [3.63, 3.8) is 0 Å². The van der Waals surface area contributed by atoms with Crippen LogP contribution in [-0.2, 0) is 0 Å². The van der Waals surface area contributed by atoms with Crippen molar-refractivity contribution in [3.8, 4) is 5.75 Å². The zero-order valence-electron chi connectivity index (χ0n) is 5.73. The van der Waals surface area contributed by atoms with E-state index >= 15 is 0 Å². The van der Waals surface area contributed by atoms with Gasteiger partial charge in [0.25, 0.3) is 0 Å². The molecule has 0 spiro atoms. The molecule has 0 saturated heterocycles. The third kappa shape index (κ3) is 2.73. The van der Waals surface area contributed by atoms with Crippen molar-refractivity contribution < 1.29 is 17.9 Å². The summed E-state index contributed by atoms with van der Waals surface area (Å²) in [7, 11) is 0. The normalized spacial score (nSPS) is 11.3. The molecule has 0 heterocycles. The number of rotatable bonds is 2. The molecule has 0 unspecified atom stereocenters. The van der Waals surface area contributed by atoms with Crippen molar-refractivity contribution in [2.75, 3.05) is 0 Å². The highest BCUT2D eigenvalue weighted by Gasteiger charge is 2.27. The number of benzene rings is 1. The predicted molar refractivity (Wildman–Crippen MR) is 40.9 cm³/mol. The Labute approximate surface area is 75.3 Å². The molecule has 0 saturated carbocycles. The zero-order chi connectivity index (χ0) is 9.19. The maximum Gasteiger partial charge on any atom is 0.459 e. The largest absolute Gasteiger partial charge is 0.459 e. The van der Waals surface area contributed by atoms with Gasteiger partial charge in [0.05, 0.1) is 0 Å². The van der Waals surface area contributed by atoms with E-state index in [-0.39, 0.29) is 0 Å². The maximum absolute atomic E-state index is 12.6. The Bertz CT molecular complexity index is 272. The van der Waals surface area contributed by atoms with Gasteiger partial charge in [0.2, 0.25) is 0 Å². The Morgan fingerprint density at radius 3 is 2.33 bits per heavy atom. The molecule has 0 N–H and O–H groups in total. The van der Waals surface area contributed by atoms with Gasteiger partial charge in [0.15, 0.2) is 11.6 Å². The van der Waals surface area contributed by atoms with Crippen molar-refractivity contribution in [1.29, 1.82) is 0 Å². The van der Waals surface area contributed by atoms with Crippen LogP contribution in [0.5, 0.6) is 5.75 Å². The van der Waals surface area contributed by atoms with Crippen LogP contribution in [0.4, 0.5) is 13.2 Å². The van der Waals surface area contributed by atoms with Gasteiger partial charge < -0.3 is 4.74 Å². The second-order valence-electron chi connectivity index (χ2n) is 1.98. The predicted octanol–water partition coefficient (Wildman–Crippen LogP) is 3.15. The van der Waals surface area contributed by atoms with Gasteiger partial charge >= 0.3 is 5.02 Å². The minimum Gasteiger partial charge on any atom is -0.421 e. The first-order chi connectivity index (χ1) is 5.49. The smallest absolute Gasteiger partial charge is 0.421 e. The Morgan fingerprint density at radius 2 is 1.83 bits per heavy atom. The fourth-order valence-corrected chi connectivity index (χ4v) is 0.827. The molecule has 0 fully saturated rings. The molecule has 1 aromatic carbocycles. The van der Waals surface area contributed by atoms with Crippen LogP contribution in [0.15, 0.2) is 24.3 Å². The molecule has 0 atom stereocenters. The van der Waals surface area contributed by atoms with Crippen LogP contribution in [0.2, 0.25) is 0 Å². The number of para-hydroxylation sites is 1. The second-order valence-corrected chi connectivity index (χ2v) is 2.90. The minimum absolute atomic E-state index is 0.487.